The molecule has 0 N–H and O–H groups in total. The number of carbonyl (C=O) groups excluding carboxylic acids is 1. The van der Waals surface area contributed by atoms with Crippen molar-refractivity contribution in [2.75, 3.05) is 0 Å². The molecule has 0 saturated heterocycles. The van der Waals surface area contributed by atoms with E-state index in [0.717, 1.165) is 5.56 Å². The second-order valence-electron chi connectivity index (χ2n) is 2.66. The Balaban J connectivity index is 2.83. The van der Waals surface area contributed by atoms with Crippen LogP contribution in [0.15, 0.2) is 18.3 Å². The molecule has 0 aromatic carbocycles. The van der Waals surface area contributed by atoms with E-state index in [4.69, 9.17) is 27.9 Å². The number of hydrogen-bond acceptors (Lipinski definition) is 3. The molecule has 0 spiro atoms. The van der Waals surface area contributed by atoms with Crippen molar-refractivity contribution in [3.05, 3.63) is 29.0 Å². The van der Waals surface area contributed by atoms with Gasteiger partial charge in [-0.3, -0.25) is 0 Å². The third-order valence-corrected chi connectivity index (χ3v) is 2.02. The van der Waals surface area contributed by atoms with E-state index in [9.17, 15) is 4.79 Å². The summed E-state index contributed by atoms with van der Waals surface area (Å²) < 4.78 is 4.88. The van der Waals surface area contributed by atoms with Crippen LogP contribution in [-0.4, -0.2) is 10.4 Å². The van der Waals surface area contributed by atoms with Gasteiger partial charge >= 0.3 is 5.43 Å². The van der Waals surface area contributed by atoms with Crippen LogP contribution >= 0.6 is 23.2 Å². The molecule has 1 unspecified atom stereocenters. The number of halogens is 2. The maximum Gasteiger partial charge on any atom is 0.404 e. The van der Waals surface area contributed by atoms with Crippen LogP contribution in [0, 0.1) is 0 Å². The highest BCUT2D eigenvalue weighted by molar-refractivity contribution is 6.61. The molecule has 1 atom stereocenters. The topological polar surface area (TPSA) is 39.2 Å². The van der Waals surface area contributed by atoms with Gasteiger partial charge < -0.3 is 4.74 Å². The van der Waals surface area contributed by atoms with Crippen LogP contribution in [0.3, 0.4) is 0 Å². The first kappa shape index (κ1) is 11.3. The van der Waals surface area contributed by atoms with Crippen LogP contribution < -0.4 is 0 Å². The average molecular weight is 234 g/mol. The van der Waals surface area contributed by atoms with Gasteiger partial charge in [0.15, 0.2) is 0 Å². The lowest BCUT2D eigenvalue weighted by atomic mass is 10.1. The van der Waals surface area contributed by atoms with Crippen LogP contribution in [0.4, 0.5) is 4.79 Å². The molecular weight excluding hydrogens is 225 g/mol. The summed E-state index contributed by atoms with van der Waals surface area (Å²) in [7, 11) is 0. The minimum absolute atomic E-state index is 0.361. The Morgan fingerprint density at radius 2 is 2.43 bits per heavy atom. The Labute approximate surface area is 92.0 Å². The molecule has 76 valence electrons. The minimum Gasteiger partial charge on any atom is -0.445 e. The van der Waals surface area contributed by atoms with E-state index in [0.29, 0.717) is 11.6 Å². The molecule has 0 bridgehead atoms. The van der Waals surface area contributed by atoms with E-state index in [1.165, 1.54) is 0 Å². The first-order chi connectivity index (χ1) is 6.63. The second-order valence-corrected chi connectivity index (χ2v) is 3.36. The molecule has 0 saturated carbocycles. The van der Waals surface area contributed by atoms with Gasteiger partial charge in [0.05, 0.1) is 0 Å². The summed E-state index contributed by atoms with van der Waals surface area (Å²) in [5.74, 6) is 0. The van der Waals surface area contributed by atoms with Gasteiger partial charge in [0.2, 0.25) is 0 Å². The summed E-state index contributed by atoms with van der Waals surface area (Å²) >= 11 is 10.8. The largest absolute Gasteiger partial charge is 0.445 e. The van der Waals surface area contributed by atoms with E-state index in [-0.39, 0.29) is 6.10 Å². The Morgan fingerprint density at radius 1 is 1.71 bits per heavy atom. The fourth-order valence-corrected chi connectivity index (χ4v) is 1.41. The molecule has 0 aliphatic rings. The summed E-state index contributed by atoms with van der Waals surface area (Å²) in [5, 5.41) is 0.367. The molecule has 1 aromatic rings. The highest BCUT2D eigenvalue weighted by Gasteiger charge is 2.13. The second kappa shape index (κ2) is 5.17. The first-order valence-electron chi connectivity index (χ1n) is 4.11. The molecule has 3 nitrogen and oxygen atoms in total. The fraction of sp³-hybridized carbons (Fsp3) is 0.333. The molecule has 14 heavy (non-hydrogen) atoms. The lowest BCUT2D eigenvalue weighted by Gasteiger charge is -2.14. The summed E-state index contributed by atoms with van der Waals surface area (Å²) in [6, 6.07) is 3.38. The van der Waals surface area contributed by atoms with Gasteiger partial charge in [-0.05, 0) is 24.1 Å². The minimum atomic E-state index is -0.815. The Morgan fingerprint density at radius 3 is 2.93 bits per heavy atom. The van der Waals surface area contributed by atoms with Gasteiger partial charge in [0.1, 0.15) is 11.3 Å². The zero-order valence-electron chi connectivity index (χ0n) is 7.54. The fourth-order valence-electron chi connectivity index (χ4n) is 1.12. The first-order valence-corrected chi connectivity index (χ1v) is 4.86. The quantitative estimate of drug-likeness (QED) is 0.592. The third-order valence-electron chi connectivity index (χ3n) is 1.73. The number of hydrogen-bond donors (Lipinski definition) is 0. The van der Waals surface area contributed by atoms with Gasteiger partial charge in [-0.15, -0.1) is 0 Å². The molecule has 1 rings (SSSR count). The predicted molar refractivity (Wildman–Crippen MR) is 54.6 cm³/mol. The molecule has 1 heterocycles. The van der Waals surface area contributed by atoms with Crippen LogP contribution in [0.25, 0.3) is 0 Å². The molecule has 5 heteroatoms. The lowest BCUT2D eigenvalue weighted by molar-refractivity contribution is 0.119. The monoisotopic (exact) mass is 233 g/mol. The number of nitrogens with zero attached hydrogens (tertiary/aromatic N) is 1. The molecule has 0 aliphatic heterocycles. The van der Waals surface area contributed by atoms with Gasteiger partial charge in [-0.1, -0.05) is 18.5 Å². The van der Waals surface area contributed by atoms with Crippen molar-refractivity contribution in [1.29, 1.82) is 0 Å². The van der Waals surface area contributed by atoms with Gasteiger partial charge in [-0.25, -0.2) is 9.78 Å². The van der Waals surface area contributed by atoms with Crippen LogP contribution in [0.2, 0.25) is 5.15 Å². The zero-order valence-corrected chi connectivity index (χ0v) is 9.05. The third kappa shape index (κ3) is 3.16. The van der Waals surface area contributed by atoms with Gasteiger partial charge in [-0.2, -0.15) is 0 Å². The Kier molecular flexibility index (Phi) is 4.17. The standard InChI is InChI=1S/C9H9Cl2NO2/c1-2-7(14-9(11)13)6-3-4-12-8(10)5-6/h3-5,7H,2H2,1H3. The summed E-state index contributed by atoms with van der Waals surface area (Å²) in [5.41, 5.74) is -0.0220. The number of aromatic nitrogens is 1. The molecule has 0 radical (unpaired) electrons. The lowest BCUT2D eigenvalue weighted by Crippen LogP contribution is -2.05. The molecule has 0 fully saturated rings. The Hall–Kier alpha value is -0.800. The van der Waals surface area contributed by atoms with E-state index in [1.807, 2.05) is 6.92 Å². The van der Waals surface area contributed by atoms with E-state index in [1.54, 1.807) is 18.3 Å². The number of ether oxygens (including phenoxy) is 1. The molecule has 0 aliphatic carbocycles. The SMILES string of the molecule is CCC(OC(=O)Cl)c1ccnc(Cl)c1. The van der Waals surface area contributed by atoms with Crippen LogP contribution in [-0.2, 0) is 4.74 Å². The number of pyridine rings is 1. The van der Waals surface area contributed by atoms with E-state index < -0.39 is 5.43 Å². The Bertz CT molecular complexity index is 330. The van der Waals surface area contributed by atoms with Gasteiger partial charge in [0.25, 0.3) is 0 Å². The predicted octanol–water partition coefficient (Wildman–Crippen LogP) is 3.56. The summed E-state index contributed by atoms with van der Waals surface area (Å²) in [6.07, 6.45) is 1.83. The average Bonchev–Trinajstić information content (AvgIpc) is 2.14. The van der Waals surface area contributed by atoms with Crippen molar-refractivity contribution in [3.8, 4) is 0 Å². The molecular formula is C9H9Cl2NO2. The van der Waals surface area contributed by atoms with Crippen molar-refractivity contribution in [1.82, 2.24) is 4.98 Å². The zero-order chi connectivity index (χ0) is 10.6. The smallest absolute Gasteiger partial charge is 0.404 e. The number of carbonyl (C=O) groups is 1. The van der Waals surface area contributed by atoms with Crippen molar-refractivity contribution in [3.63, 3.8) is 0 Å². The van der Waals surface area contributed by atoms with Crippen molar-refractivity contribution in [2.24, 2.45) is 0 Å². The highest BCUT2D eigenvalue weighted by atomic mass is 35.5. The molecule has 1 aromatic heterocycles. The van der Waals surface area contributed by atoms with Crippen molar-refractivity contribution >= 4 is 28.6 Å². The van der Waals surface area contributed by atoms with Gasteiger partial charge in [0, 0.05) is 17.8 Å². The highest BCUT2D eigenvalue weighted by Crippen LogP contribution is 2.23. The molecule has 0 amide bonds. The van der Waals surface area contributed by atoms with Crippen LogP contribution in [0.5, 0.6) is 0 Å². The normalized spacial score (nSPS) is 12.2. The number of rotatable bonds is 3. The maximum absolute atomic E-state index is 10.6. The van der Waals surface area contributed by atoms with E-state index >= 15 is 0 Å². The van der Waals surface area contributed by atoms with Crippen molar-refractivity contribution in [2.45, 2.75) is 19.4 Å². The maximum atomic E-state index is 10.6. The summed E-state index contributed by atoms with van der Waals surface area (Å²) in [4.78, 5) is 14.4. The van der Waals surface area contributed by atoms with Crippen molar-refractivity contribution < 1.29 is 9.53 Å². The van der Waals surface area contributed by atoms with Crippen LogP contribution in [0.1, 0.15) is 25.0 Å². The summed E-state index contributed by atoms with van der Waals surface area (Å²) in [6.45, 7) is 1.89. The van der Waals surface area contributed by atoms with E-state index in [2.05, 4.69) is 4.98 Å².